The Morgan fingerprint density at radius 2 is 1.97 bits per heavy atom. The Hall–Kier alpha value is -3.41. The molecule has 0 aromatic heterocycles. The van der Waals surface area contributed by atoms with Gasteiger partial charge in [-0.2, -0.15) is 0 Å². The quantitative estimate of drug-likeness (QED) is 0.176. The third-order valence-electron chi connectivity index (χ3n) is 5.86. The Balaban J connectivity index is 1.99. The molecule has 11 nitrogen and oxygen atoms in total. The maximum absolute atomic E-state index is 13.3. The number of carbonyl (C=O) groups excluding carboxylic acids is 4. The van der Waals surface area contributed by atoms with E-state index in [1.54, 1.807) is 24.3 Å². The molecule has 1 fully saturated rings. The monoisotopic (exact) mass is 540 g/mol. The fourth-order valence-electron chi connectivity index (χ4n) is 3.92. The normalized spacial score (nSPS) is 16.0. The topological polar surface area (TPSA) is 169 Å². The molecule has 1 aromatic rings. The molecule has 0 spiro atoms. The minimum atomic E-state index is -1.39. The number of nitrogens with one attached hydrogen (secondary N) is 2. The molecule has 0 bridgehead atoms. The zero-order valence-corrected chi connectivity index (χ0v) is 21.7. The van der Waals surface area contributed by atoms with Crippen LogP contribution in [-0.2, 0) is 25.7 Å². The van der Waals surface area contributed by atoms with Gasteiger partial charge in [-0.1, -0.05) is 29.8 Å². The van der Waals surface area contributed by atoms with Crippen molar-refractivity contribution in [3.8, 4) is 0 Å². The highest BCUT2D eigenvalue weighted by Gasteiger charge is 2.42. The van der Waals surface area contributed by atoms with Gasteiger partial charge >= 0.3 is 6.09 Å². The van der Waals surface area contributed by atoms with Crippen LogP contribution in [-0.4, -0.2) is 71.9 Å². The lowest BCUT2D eigenvalue weighted by Crippen LogP contribution is -2.59. The Bertz CT molecular complexity index is 1020. The fraction of sp³-hybridized carbons (Fsp3) is 0.542. The van der Waals surface area contributed by atoms with E-state index in [4.69, 9.17) is 27.8 Å². The number of carbonyl (C=O) groups is 4. The Morgan fingerprint density at radius 1 is 1.27 bits per heavy atom. The molecule has 37 heavy (non-hydrogen) atoms. The predicted octanol–water partition coefficient (Wildman–Crippen LogP) is 1.41. The van der Waals surface area contributed by atoms with Crippen LogP contribution in [0.5, 0.6) is 0 Å². The maximum atomic E-state index is 13.3. The Kier molecular flexibility index (Phi) is 11.1. The van der Waals surface area contributed by atoms with Crippen LogP contribution in [0.15, 0.2) is 29.3 Å². The lowest BCUT2D eigenvalue weighted by molar-refractivity contribution is -0.143. The maximum Gasteiger partial charge on any atom is 0.408 e. The van der Waals surface area contributed by atoms with Crippen LogP contribution in [0, 0.1) is 0 Å². The van der Waals surface area contributed by atoms with Crippen LogP contribution in [0.25, 0.3) is 0 Å². The van der Waals surface area contributed by atoms with Gasteiger partial charge in [0.2, 0.25) is 11.8 Å². The highest BCUT2D eigenvalue weighted by atomic mass is 35.5. The number of benzene rings is 1. The van der Waals surface area contributed by atoms with Crippen molar-refractivity contribution in [2.24, 2.45) is 16.5 Å². The first-order valence-corrected chi connectivity index (χ1v) is 12.3. The third-order valence-corrected chi connectivity index (χ3v) is 6.23. The van der Waals surface area contributed by atoms with Crippen LogP contribution in [0.2, 0.25) is 5.02 Å². The van der Waals surface area contributed by atoms with Gasteiger partial charge in [-0.25, -0.2) is 9.18 Å². The molecule has 0 saturated carbocycles. The summed E-state index contributed by atoms with van der Waals surface area (Å²) < 4.78 is 18.3. The number of likely N-dealkylation sites (tertiary alicyclic amines) is 1. The summed E-state index contributed by atoms with van der Waals surface area (Å²) in [6.07, 6.45) is 0.553. The van der Waals surface area contributed by atoms with Crippen LogP contribution >= 0.6 is 11.6 Å². The summed E-state index contributed by atoms with van der Waals surface area (Å²) in [6, 6.07) is 4.93. The second kappa shape index (κ2) is 13.8. The fourth-order valence-corrected chi connectivity index (χ4v) is 4.11. The average Bonchev–Trinajstić information content (AvgIpc) is 3.33. The second-order valence-corrected chi connectivity index (χ2v) is 9.59. The number of nitrogens with zero attached hydrogens (tertiary/aromatic N) is 2. The number of guanidine groups is 1. The zero-order chi connectivity index (χ0) is 27.6. The van der Waals surface area contributed by atoms with Crippen molar-refractivity contribution in [2.75, 3.05) is 19.8 Å². The Labute approximate surface area is 220 Å². The molecular formula is C24H34ClFN6O5. The van der Waals surface area contributed by atoms with Crippen LogP contribution in [0.1, 0.15) is 45.1 Å². The van der Waals surface area contributed by atoms with E-state index in [-0.39, 0.29) is 32.1 Å². The summed E-state index contributed by atoms with van der Waals surface area (Å²) >= 11 is 6.07. The number of halogens is 2. The lowest BCUT2D eigenvalue weighted by Gasteiger charge is -2.33. The highest BCUT2D eigenvalue weighted by molar-refractivity contribution is 6.31. The molecule has 0 unspecified atom stereocenters. The predicted molar refractivity (Wildman–Crippen MR) is 136 cm³/mol. The molecule has 1 saturated heterocycles. The number of hydrogen-bond donors (Lipinski definition) is 4. The standard InChI is InChI=1S/C24H34ClFN6O5/c1-24(2,31-23(36)37-14-15-7-3-4-8-16(15)25)21(35)32-12-6-10-18(32)20(34)30-17(19(33)13-26)9-5-11-29-22(27)28/h3-4,7-8,17-18H,5-6,9-14H2,1-2H3,(H,30,34)(H,31,36)(H4,27,28,29)/t17-,18-/m0/s1. The molecule has 0 aliphatic carbocycles. The van der Waals surface area contributed by atoms with Gasteiger partial charge in [0.15, 0.2) is 11.7 Å². The molecule has 2 atom stereocenters. The summed E-state index contributed by atoms with van der Waals surface area (Å²) in [7, 11) is 0. The van der Waals surface area contributed by atoms with Crippen molar-refractivity contribution in [1.82, 2.24) is 15.5 Å². The number of ether oxygens (including phenoxy) is 1. The van der Waals surface area contributed by atoms with E-state index < -0.39 is 48.0 Å². The molecular weight excluding hydrogens is 507 g/mol. The van der Waals surface area contributed by atoms with Crippen LogP contribution in [0.4, 0.5) is 9.18 Å². The number of Topliss-reactive ketones (excluding diaryl/α,β-unsaturated/α-hetero) is 1. The molecule has 204 valence electrons. The number of rotatable bonds is 12. The van der Waals surface area contributed by atoms with Gasteiger partial charge in [0.05, 0.1) is 6.04 Å². The molecule has 2 rings (SSSR count). The summed E-state index contributed by atoms with van der Waals surface area (Å²) in [6.45, 7) is 2.17. The first-order valence-electron chi connectivity index (χ1n) is 11.9. The molecule has 1 aromatic carbocycles. The number of hydrogen-bond acceptors (Lipinski definition) is 6. The molecule has 3 amide bonds. The van der Waals surface area contributed by atoms with Crippen molar-refractivity contribution >= 4 is 41.3 Å². The number of alkyl halides is 1. The van der Waals surface area contributed by atoms with E-state index in [1.807, 2.05) is 0 Å². The summed E-state index contributed by atoms with van der Waals surface area (Å²) in [5.74, 6) is -1.96. The first-order chi connectivity index (χ1) is 17.5. The van der Waals surface area contributed by atoms with Crippen molar-refractivity contribution in [2.45, 2.75) is 63.8 Å². The molecule has 1 aliphatic heterocycles. The summed E-state index contributed by atoms with van der Waals surface area (Å²) in [5, 5.41) is 5.53. The average molecular weight is 541 g/mol. The number of alkyl carbamates (subject to hydrolysis) is 1. The molecule has 1 aliphatic rings. The molecule has 1 heterocycles. The van der Waals surface area contributed by atoms with Gasteiger partial charge < -0.3 is 31.7 Å². The van der Waals surface area contributed by atoms with E-state index in [9.17, 15) is 23.6 Å². The number of ketones is 1. The number of nitrogens with two attached hydrogens (primary N) is 2. The summed E-state index contributed by atoms with van der Waals surface area (Å²) in [4.78, 5) is 55.9. The number of amides is 3. The van der Waals surface area contributed by atoms with Crippen molar-refractivity contribution in [1.29, 1.82) is 0 Å². The minimum Gasteiger partial charge on any atom is -0.445 e. The zero-order valence-electron chi connectivity index (χ0n) is 21.0. The van der Waals surface area contributed by atoms with Gasteiger partial charge in [0.1, 0.15) is 24.9 Å². The number of aliphatic imine (C=N–C) groups is 1. The molecule has 0 radical (unpaired) electrons. The smallest absolute Gasteiger partial charge is 0.408 e. The molecule has 13 heteroatoms. The van der Waals surface area contributed by atoms with Gasteiger partial charge in [0.25, 0.3) is 0 Å². The van der Waals surface area contributed by atoms with E-state index in [0.717, 1.165) is 0 Å². The van der Waals surface area contributed by atoms with Crippen LogP contribution in [0.3, 0.4) is 0 Å². The van der Waals surface area contributed by atoms with Crippen molar-refractivity contribution in [3.05, 3.63) is 34.9 Å². The minimum absolute atomic E-state index is 0.0856. The van der Waals surface area contributed by atoms with Crippen LogP contribution < -0.4 is 22.1 Å². The van der Waals surface area contributed by atoms with Gasteiger partial charge in [-0.15, -0.1) is 0 Å². The first kappa shape index (κ1) is 29.8. The van der Waals surface area contributed by atoms with Gasteiger partial charge in [-0.3, -0.25) is 19.4 Å². The third kappa shape index (κ3) is 8.88. The SMILES string of the molecule is CC(C)(NC(=O)OCc1ccccc1Cl)C(=O)N1CCC[C@H]1C(=O)N[C@@H](CCCN=C(N)N)C(=O)CF. The second-order valence-electron chi connectivity index (χ2n) is 9.18. The highest BCUT2D eigenvalue weighted by Crippen LogP contribution is 2.22. The lowest BCUT2D eigenvalue weighted by atomic mass is 10.0. The van der Waals surface area contributed by atoms with Gasteiger partial charge in [0, 0.05) is 23.7 Å². The summed E-state index contributed by atoms with van der Waals surface area (Å²) in [5.41, 5.74) is 9.76. The van der Waals surface area contributed by atoms with E-state index in [2.05, 4.69) is 15.6 Å². The largest absolute Gasteiger partial charge is 0.445 e. The Morgan fingerprint density at radius 3 is 2.62 bits per heavy atom. The van der Waals surface area contributed by atoms with Crippen molar-refractivity contribution < 1.29 is 28.3 Å². The van der Waals surface area contributed by atoms with E-state index in [0.29, 0.717) is 29.8 Å². The molecule has 6 N–H and O–H groups in total. The van der Waals surface area contributed by atoms with Crippen molar-refractivity contribution in [3.63, 3.8) is 0 Å². The van der Waals surface area contributed by atoms with E-state index >= 15 is 0 Å². The van der Waals surface area contributed by atoms with Gasteiger partial charge in [-0.05, 0) is 45.6 Å². The van der Waals surface area contributed by atoms with E-state index in [1.165, 1.54) is 18.7 Å².